The summed E-state index contributed by atoms with van der Waals surface area (Å²) >= 11 is 6.58. The number of nitrogens with one attached hydrogen (secondary N) is 1. The van der Waals surface area contributed by atoms with E-state index in [9.17, 15) is 4.79 Å². The number of methoxy groups -OCH3 is 1. The Bertz CT molecular complexity index is 665. The Hall–Kier alpha value is -2.17. The molecular weight excluding hydrogens is 288 g/mol. The number of carbonyl (C=O) groups is 1. The Balaban J connectivity index is 2.24. The van der Waals surface area contributed by atoms with E-state index in [-0.39, 0.29) is 9.47 Å². The number of ether oxygens (including phenoxy) is 1. The first-order valence-electron chi connectivity index (χ1n) is 5.02. The lowest BCUT2D eigenvalue weighted by Gasteiger charge is -2.08. The second-order valence-corrected chi connectivity index (χ2v) is 4.90. The van der Waals surface area contributed by atoms with Gasteiger partial charge in [-0.15, -0.1) is 10.2 Å². The van der Waals surface area contributed by atoms with Gasteiger partial charge in [0.1, 0.15) is 5.75 Å². The van der Waals surface area contributed by atoms with Gasteiger partial charge in [0.25, 0.3) is 5.91 Å². The molecule has 96 valence electrons. The molecule has 1 N–H and O–H groups in total. The van der Waals surface area contributed by atoms with Gasteiger partial charge in [-0.2, -0.15) is 5.26 Å². The highest BCUT2D eigenvalue weighted by atomic mass is 35.5. The van der Waals surface area contributed by atoms with Crippen molar-refractivity contribution in [3.63, 3.8) is 0 Å². The highest BCUT2D eigenvalue weighted by Gasteiger charge is 2.14. The molecule has 0 bridgehead atoms. The van der Waals surface area contributed by atoms with Crippen molar-refractivity contribution in [3.8, 4) is 11.8 Å². The van der Waals surface area contributed by atoms with Crippen molar-refractivity contribution in [3.05, 3.63) is 33.2 Å². The molecule has 0 aliphatic carbocycles. The summed E-state index contributed by atoms with van der Waals surface area (Å²) < 4.78 is 5.30. The van der Waals surface area contributed by atoms with E-state index in [1.54, 1.807) is 12.1 Å². The highest BCUT2D eigenvalue weighted by Crippen LogP contribution is 2.26. The fourth-order valence-corrected chi connectivity index (χ4v) is 2.06. The van der Waals surface area contributed by atoms with E-state index in [0.717, 1.165) is 11.3 Å². The monoisotopic (exact) mass is 294 g/mol. The van der Waals surface area contributed by atoms with Gasteiger partial charge in [-0.25, -0.2) is 0 Å². The van der Waals surface area contributed by atoms with Crippen LogP contribution in [0.1, 0.15) is 15.4 Å². The molecule has 2 rings (SSSR count). The molecule has 6 nitrogen and oxygen atoms in total. The van der Waals surface area contributed by atoms with Crippen LogP contribution in [-0.2, 0) is 0 Å². The largest absolute Gasteiger partial charge is 0.495 e. The number of carbonyl (C=O) groups excluding carboxylic acids is 1. The molecule has 0 saturated carbocycles. The van der Waals surface area contributed by atoms with Crippen LogP contribution in [0.4, 0.5) is 5.69 Å². The smallest absolute Gasteiger partial charge is 0.286 e. The minimum absolute atomic E-state index is 0.149. The van der Waals surface area contributed by atoms with Crippen molar-refractivity contribution >= 4 is 34.5 Å². The molecule has 0 unspecified atom stereocenters. The Morgan fingerprint density at radius 2 is 2.32 bits per heavy atom. The van der Waals surface area contributed by atoms with Crippen molar-refractivity contribution in [2.24, 2.45) is 0 Å². The molecule has 1 heterocycles. The molecule has 0 spiro atoms. The first kappa shape index (κ1) is 13.3. The lowest BCUT2D eigenvalue weighted by Crippen LogP contribution is -2.12. The average molecular weight is 295 g/mol. The van der Waals surface area contributed by atoms with Crippen molar-refractivity contribution in [1.29, 1.82) is 5.26 Å². The van der Waals surface area contributed by atoms with Crippen molar-refractivity contribution < 1.29 is 9.53 Å². The van der Waals surface area contributed by atoms with Gasteiger partial charge in [0.05, 0.1) is 24.4 Å². The zero-order chi connectivity index (χ0) is 13.8. The molecule has 0 radical (unpaired) electrons. The number of amides is 1. The molecule has 1 amide bonds. The van der Waals surface area contributed by atoms with E-state index < -0.39 is 5.91 Å². The van der Waals surface area contributed by atoms with E-state index in [2.05, 4.69) is 15.5 Å². The van der Waals surface area contributed by atoms with Crippen molar-refractivity contribution in [2.45, 2.75) is 0 Å². The topological polar surface area (TPSA) is 87.9 Å². The number of hydrogen-bond acceptors (Lipinski definition) is 6. The Morgan fingerprint density at radius 3 is 2.89 bits per heavy atom. The molecule has 0 aliphatic rings. The third-order valence-corrected chi connectivity index (χ3v) is 3.19. The zero-order valence-corrected chi connectivity index (χ0v) is 11.2. The quantitative estimate of drug-likeness (QED) is 0.938. The van der Waals surface area contributed by atoms with Crippen LogP contribution in [0.3, 0.4) is 0 Å². The number of nitrogens with zero attached hydrogens (tertiary/aromatic N) is 3. The Kier molecular flexibility index (Phi) is 3.94. The van der Waals surface area contributed by atoms with Crippen LogP contribution in [0.15, 0.2) is 18.2 Å². The number of benzene rings is 1. The van der Waals surface area contributed by atoms with Gasteiger partial charge in [0, 0.05) is 6.07 Å². The number of aromatic nitrogens is 2. The SMILES string of the molecule is COc1cc(C#N)ccc1NC(=O)c1nnc(Cl)s1. The molecule has 19 heavy (non-hydrogen) atoms. The van der Waals surface area contributed by atoms with Crippen LogP contribution < -0.4 is 10.1 Å². The van der Waals surface area contributed by atoms with Crippen molar-refractivity contribution in [2.75, 3.05) is 12.4 Å². The van der Waals surface area contributed by atoms with Crippen LogP contribution in [0.25, 0.3) is 0 Å². The van der Waals surface area contributed by atoms with Crippen LogP contribution in [-0.4, -0.2) is 23.2 Å². The number of anilines is 1. The van der Waals surface area contributed by atoms with Crippen LogP contribution in [0.5, 0.6) is 5.75 Å². The first-order valence-corrected chi connectivity index (χ1v) is 6.22. The molecule has 1 aromatic carbocycles. The summed E-state index contributed by atoms with van der Waals surface area (Å²) in [7, 11) is 1.45. The van der Waals surface area contributed by atoms with Crippen LogP contribution >= 0.6 is 22.9 Å². The predicted octanol–water partition coefficient (Wildman–Crippen LogP) is 2.32. The molecular formula is C11H7ClN4O2S. The summed E-state index contributed by atoms with van der Waals surface area (Å²) in [6, 6.07) is 6.67. The van der Waals surface area contributed by atoms with E-state index in [0.29, 0.717) is 17.0 Å². The maximum atomic E-state index is 11.9. The summed E-state index contributed by atoms with van der Waals surface area (Å²) in [5.74, 6) is -0.0459. The third-order valence-electron chi connectivity index (χ3n) is 2.17. The maximum Gasteiger partial charge on any atom is 0.286 e. The molecule has 1 aromatic heterocycles. The second kappa shape index (κ2) is 5.65. The zero-order valence-electron chi connectivity index (χ0n) is 9.68. The minimum Gasteiger partial charge on any atom is -0.495 e. The fraction of sp³-hybridized carbons (Fsp3) is 0.0909. The lowest BCUT2D eigenvalue weighted by atomic mass is 10.2. The predicted molar refractivity (Wildman–Crippen MR) is 70.6 cm³/mol. The van der Waals surface area contributed by atoms with E-state index >= 15 is 0 Å². The van der Waals surface area contributed by atoms with Crippen molar-refractivity contribution in [1.82, 2.24) is 10.2 Å². The lowest BCUT2D eigenvalue weighted by molar-refractivity contribution is 0.102. The number of rotatable bonds is 3. The highest BCUT2D eigenvalue weighted by molar-refractivity contribution is 7.17. The second-order valence-electron chi connectivity index (χ2n) is 3.34. The Labute approximate surface area is 117 Å². The average Bonchev–Trinajstić information content (AvgIpc) is 2.86. The summed E-state index contributed by atoms with van der Waals surface area (Å²) in [4.78, 5) is 11.9. The van der Waals surface area contributed by atoms with Gasteiger partial charge in [-0.1, -0.05) is 11.3 Å². The van der Waals surface area contributed by atoms with E-state index in [1.807, 2.05) is 6.07 Å². The summed E-state index contributed by atoms with van der Waals surface area (Å²) in [5, 5.41) is 18.7. The van der Waals surface area contributed by atoms with Crippen LogP contribution in [0, 0.1) is 11.3 Å². The molecule has 8 heteroatoms. The van der Waals surface area contributed by atoms with Gasteiger partial charge in [-0.3, -0.25) is 4.79 Å². The Morgan fingerprint density at radius 1 is 1.53 bits per heavy atom. The number of hydrogen-bond donors (Lipinski definition) is 1. The molecule has 0 saturated heterocycles. The number of nitriles is 1. The van der Waals surface area contributed by atoms with Gasteiger partial charge < -0.3 is 10.1 Å². The fourth-order valence-electron chi connectivity index (χ4n) is 1.34. The number of halogens is 1. The normalized spacial score (nSPS) is 9.74. The maximum absolute atomic E-state index is 11.9. The van der Waals surface area contributed by atoms with Gasteiger partial charge in [-0.05, 0) is 23.7 Å². The van der Waals surface area contributed by atoms with E-state index in [4.69, 9.17) is 21.6 Å². The molecule has 0 atom stereocenters. The molecule has 2 aromatic rings. The van der Waals surface area contributed by atoms with Crippen LogP contribution in [0.2, 0.25) is 4.47 Å². The summed E-state index contributed by atoms with van der Waals surface area (Å²) in [6.07, 6.45) is 0. The van der Waals surface area contributed by atoms with E-state index in [1.165, 1.54) is 13.2 Å². The van der Waals surface area contributed by atoms with Gasteiger partial charge in [0.15, 0.2) is 0 Å². The standard InChI is InChI=1S/C11H7ClN4O2S/c1-18-8-4-6(5-13)2-3-7(8)14-9(17)10-15-16-11(12)19-10/h2-4H,1H3,(H,14,17). The van der Waals surface area contributed by atoms with Gasteiger partial charge >= 0.3 is 0 Å². The first-order chi connectivity index (χ1) is 9.13. The summed E-state index contributed by atoms with van der Waals surface area (Å²) in [5.41, 5.74) is 0.881. The third kappa shape index (κ3) is 2.99. The molecule has 0 aliphatic heterocycles. The molecule has 0 fully saturated rings. The minimum atomic E-state index is -0.438. The summed E-state index contributed by atoms with van der Waals surface area (Å²) in [6.45, 7) is 0. The van der Waals surface area contributed by atoms with Gasteiger partial charge in [0.2, 0.25) is 9.47 Å².